The summed E-state index contributed by atoms with van der Waals surface area (Å²) in [6.07, 6.45) is 0. The van der Waals surface area contributed by atoms with Gasteiger partial charge in [0, 0.05) is 12.6 Å². The second kappa shape index (κ2) is 6.47. The highest BCUT2D eigenvalue weighted by Crippen LogP contribution is 2.22. The molecule has 1 atom stereocenters. The molecule has 108 valence electrons. The number of hydrogen-bond acceptors (Lipinski definition) is 2. The molecule has 2 aromatic carbocycles. The van der Waals surface area contributed by atoms with Crippen molar-refractivity contribution >= 4 is 0 Å². The van der Waals surface area contributed by atoms with Gasteiger partial charge in [-0.2, -0.15) is 5.26 Å². The van der Waals surface area contributed by atoms with Gasteiger partial charge in [-0.25, -0.2) is 8.78 Å². The molecule has 0 aliphatic rings. The average Bonchev–Trinajstić information content (AvgIpc) is 2.49. The third-order valence-corrected chi connectivity index (χ3v) is 3.58. The molecule has 0 spiro atoms. The van der Waals surface area contributed by atoms with E-state index in [2.05, 4.69) is 6.07 Å². The van der Waals surface area contributed by atoms with Crippen LogP contribution in [0.5, 0.6) is 0 Å². The minimum atomic E-state index is -0.838. The maximum atomic E-state index is 13.3. The van der Waals surface area contributed by atoms with Gasteiger partial charge in [0.25, 0.3) is 0 Å². The van der Waals surface area contributed by atoms with Crippen molar-refractivity contribution in [2.45, 2.75) is 19.5 Å². The number of nitrogens with zero attached hydrogens (tertiary/aromatic N) is 2. The highest BCUT2D eigenvalue weighted by atomic mass is 19.2. The summed E-state index contributed by atoms with van der Waals surface area (Å²) >= 11 is 0. The van der Waals surface area contributed by atoms with Gasteiger partial charge in [-0.1, -0.05) is 18.2 Å². The molecule has 4 heteroatoms. The Kier molecular flexibility index (Phi) is 4.66. The lowest BCUT2D eigenvalue weighted by molar-refractivity contribution is 0.252. The lowest BCUT2D eigenvalue weighted by Gasteiger charge is -2.25. The zero-order valence-electron chi connectivity index (χ0n) is 12.0. The summed E-state index contributed by atoms with van der Waals surface area (Å²) in [4.78, 5) is 2.02. The Morgan fingerprint density at radius 2 is 1.90 bits per heavy atom. The Balaban J connectivity index is 2.13. The van der Waals surface area contributed by atoms with Crippen LogP contribution in [0.4, 0.5) is 8.78 Å². The van der Waals surface area contributed by atoms with Crippen molar-refractivity contribution in [1.82, 2.24) is 4.90 Å². The third-order valence-electron chi connectivity index (χ3n) is 3.58. The van der Waals surface area contributed by atoms with Crippen LogP contribution in [0.3, 0.4) is 0 Å². The molecule has 0 aliphatic carbocycles. The molecule has 1 unspecified atom stereocenters. The summed E-state index contributed by atoms with van der Waals surface area (Å²) in [5.41, 5.74) is 2.33. The highest BCUT2D eigenvalue weighted by Gasteiger charge is 2.14. The smallest absolute Gasteiger partial charge is 0.159 e. The number of halogens is 2. The molecule has 0 aromatic heterocycles. The second-order valence-electron chi connectivity index (χ2n) is 5.08. The fourth-order valence-corrected chi connectivity index (χ4v) is 2.19. The first-order valence-electron chi connectivity index (χ1n) is 6.65. The average molecular weight is 286 g/mol. The van der Waals surface area contributed by atoms with E-state index in [9.17, 15) is 8.78 Å². The molecule has 0 N–H and O–H groups in total. The molecule has 0 amide bonds. The number of nitriles is 1. The Bertz CT molecular complexity index is 677. The minimum absolute atomic E-state index is 0.0640. The summed E-state index contributed by atoms with van der Waals surface area (Å²) < 4.78 is 26.3. The van der Waals surface area contributed by atoms with Crippen molar-refractivity contribution in [3.8, 4) is 6.07 Å². The Morgan fingerprint density at radius 3 is 2.57 bits per heavy atom. The fraction of sp³-hybridized carbons (Fsp3) is 0.235. The van der Waals surface area contributed by atoms with Crippen molar-refractivity contribution < 1.29 is 8.78 Å². The SMILES string of the molecule is CC(c1ccc(F)c(F)c1)N(C)Cc1cccc(C#N)c1. The molecule has 2 rings (SSSR count). The topological polar surface area (TPSA) is 27.0 Å². The Labute approximate surface area is 123 Å². The van der Waals surface area contributed by atoms with Gasteiger partial charge >= 0.3 is 0 Å². The maximum Gasteiger partial charge on any atom is 0.159 e. The summed E-state index contributed by atoms with van der Waals surface area (Å²) in [6, 6.07) is 13.4. The summed E-state index contributed by atoms with van der Waals surface area (Å²) in [7, 11) is 1.91. The van der Waals surface area contributed by atoms with Gasteiger partial charge in [0.1, 0.15) is 0 Å². The van der Waals surface area contributed by atoms with E-state index in [0.717, 1.165) is 11.6 Å². The molecule has 0 aliphatic heterocycles. The number of hydrogen-bond donors (Lipinski definition) is 0. The van der Waals surface area contributed by atoms with Crippen molar-refractivity contribution in [1.29, 1.82) is 5.26 Å². The molecular weight excluding hydrogens is 270 g/mol. The van der Waals surface area contributed by atoms with E-state index in [1.807, 2.05) is 37.1 Å². The van der Waals surface area contributed by atoms with Crippen LogP contribution in [0.15, 0.2) is 42.5 Å². The van der Waals surface area contributed by atoms with Gasteiger partial charge in [-0.15, -0.1) is 0 Å². The lowest BCUT2D eigenvalue weighted by atomic mass is 10.1. The molecule has 2 nitrogen and oxygen atoms in total. The van der Waals surface area contributed by atoms with Crippen LogP contribution < -0.4 is 0 Å². The second-order valence-corrected chi connectivity index (χ2v) is 5.08. The van der Waals surface area contributed by atoms with E-state index in [1.165, 1.54) is 6.07 Å². The molecule has 0 saturated heterocycles. The maximum absolute atomic E-state index is 13.3. The van der Waals surface area contributed by atoms with E-state index >= 15 is 0 Å². The first-order chi connectivity index (χ1) is 10.0. The Morgan fingerprint density at radius 1 is 1.14 bits per heavy atom. The van der Waals surface area contributed by atoms with Crippen LogP contribution in [-0.4, -0.2) is 11.9 Å². The first kappa shape index (κ1) is 15.1. The molecule has 0 fully saturated rings. The van der Waals surface area contributed by atoms with Gasteiger partial charge in [0.05, 0.1) is 11.6 Å². The van der Waals surface area contributed by atoms with Crippen molar-refractivity contribution in [2.24, 2.45) is 0 Å². The van der Waals surface area contributed by atoms with Crippen LogP contribution >= 0.6 is 0 Å². The lowest BCUT2D eigenvalue weighted by Crippen LogP contribution is -2.22. The first-order valence-corrected chi connectivity index (χ1v) is 6.65. The predicted molar refractivity (Wildman–Crippen MR) is 77.4 cm³/mol. The molecule has 0 bridgehead atoms. The molecule has 0 saturated carbocycles. The zero-order valence-corrected chi connectivity index (χ0v) is 12.0. The highest BCUT2D eigenvalue weighted by molar-refractivity contribution is 5.32. The summed E-state index contributed by atoms with van der Waals surface area (Å²) in [5.74, 6) is -1.67. The predicted octanol–water partition coefficient (Wildman–Crippen LogP) is 4.03. The number of benzene rings is 2. The molecule has 0 heterocycles. The monoisotopic (exact) mass is 286 g/mol. The van der Waals surface area contributed by atoms with Gasteiger partial charge < -0.3 is 0 Å². The zero-order chi connectivity index (χ0) is 15.4. The standard InChI is InChI=1S/C17H16F2N2/c1-12(15-6-7-16(18)17(19)9-15)21(2)11-14-5-3-4-13(8-14)10-20/h3-9,12H,11H2,1-2H3. The van der Waals surface area contributed by atoms with Gasteiger partial charge in [0.15, 0.2) is 11.6 Å². The molecule has 2 aromatic rings. The quantitative estimate of drug-likeness (QED) is 0.848. The third kappa shape index (κ3) is 3.65. The van der Waals surface area contributed by atoms with Crippen molar-refractivity contribution in [2.75, 3.05) is 7.05 Å². The van der Waals surface area contributed by atoms with E-state index in [4.69, 9.17) is 5.26 Å². The van der Waals surface area contributed by atoms with Crippen LogP contribution in [0, 0.1) is 23.0 Å². The minimum Gasteiger partial charge on any atom is -0.295 e. The fourth-order valence-electron chi connectivity index (χ4n) is 2.19. The van der Waals surface area contributed by atoms with Crippen LogP contribution in [0.1, 0.15) is 29.7 Å². The van der Waals surface area contributed by atoms with Crippen LogP contribution in [-0.2, 0) is 6.54 Å². The van der Waals surface area contributed by atoms with Crippen molar-refractivity contribution in [3.05, 3.63) is 70.8 Å². The van der Waals surface area contributed by atoms with E-state index in [1.54, 1.807) is 12.1 Å². The molecule has 0 radical (unpaired) electrons. The van der Waals surface area contributed by atoms with Crippen LogP contribution in [0.25, 0.3) is 0 Å². The van der Waals surface area contributed by atoms with E-state index < -0.39 is 11.6 Å². The van der Waals surface area contributed by atoms with E-state index in [-0.39, 0.29) is 6.04 Å². The summed E-state index contributed by atoms with van der Waals surface area (Å²) in [5, 5.41) is 8.90. The molecule has 21 heavy (non-hydrogen) atoms. The largest absolute Gasteiger partial charge is 0.295 e. The van der Waals surface area contributed by atoms with Gasteiger partial charge in [0.2, 0.25) is 0 Å². The normalized spacial score (nSPS) is 12.2. The summed E-state index contributed by atoms with van der Waals surface area (Å²) in [6.45, 7) is 2.55. The van der Waals surface area contributed by atoms with E-state index in [0.29, 0.717) is 17.7 Å². The number of rotatable bonds is 4. The van der Waals surface area contributed by atoms with Gasteiger partial charge in [-0.05, 0) is 49.4 Å². The molecular formula is C17H16F2N2. The van der Waals surface area contributed by atoms with Crippen molar-refractivity contribution in [3.63, 3.8) is 0 Å². The van der Waals surface area contributed by atoms with Crippen LogP contribution in [0.2, 0.25) is 0 Å². The Hall–Kier alpha value is -2.25. The van der Waals surface area contributed by atoms with Gasteiger partial charge in [-0.3, -0.25) is 4.90 Å².